The number of hydrogen-bond acceptors (Lipinski definition) is 8. The van der Waals surface area contributed by atoms with Crippen molar-refractivity contribution in [2.75, 3.05) is 5.84 Å². The first-order valence-electron chi connectivity index (χ1n) is 9.85. The summed E-state index contributed by atoms with van der Waals surface area (Å²) in [6, 6.07) is 7.74. The lowest BCUT2D eigenvalue weighted by Crippen LogP contribution is -2.16. The molecule has 10 heteroatoms. The van der Waals surface area contributed by atoms with E-state index in [4.69, 9.17) is 10.6 Å². The SMILES string of the molecule is Cc1ccc(C(C)C)c(OCc2nnc(SCc3cc(=O)n4c(C)csc4n3)n2N)c1. The molecule has 0 atom stereocenters. The molecular weight excluding hydrogens is 432 g/mol. The van der Waals surface area contributed by atoms with Crippen LogP contribution in [-0.2, 0) is 12.4 Å². The van der Waals surface area contributed by atoms with Crippen LogP contribution in [0.2, 0.25) is 0 Å². The second kappa shape index (κ2) is 8.72. The van der Waals surface area contributed by atoms with Crippen LogP contribution in [0.3, 0.4) is 0 Å². The van der Waals surface area contributed by atoms with Crippen molar-refractivity contribution in [2.45, 2.75) is 51.1 Å². The maximum absolute atomic E-state index is 12.3. The third kappa shape index (κ3) is 4.45. The van der Waals surface area contributed by atoms with Gasteiger partial charge in [0.2, 0.25) is 5.16 Å². The van der Waals surface area contributed by atoms with Crippen molar-refractivity contribution < 1.29 is 4.74 Å². The summed E-state index contributed by atoms with van der Waals surface area (Å²) in [5.74, 6) is 8.36. The summed E-state index contributed by atoms with van der Waals surface area (Å²) in [7, 11) is 0. The average molecular weight is 457 g/mol. The molecule has 31 heavy (non-hydrogen) atoms. The Bertz CT molecular complexity index is 1290. The zero-order chi connectivity index (χ0) is 22.1. The number of ether oxygens (including phenoxy) is 1. The zero-order valence-electron chi connectivity index (χ0n) is 17.8. The molecule has 0 unspecified atom stereocenters. The number of fused-ring (bicyclic) bond motifs is 1. The molecule has 0 saturated carbocycles. The normalized spacial score (nSPS) is 11.5. The second-order valence-electron chi connectivity index (χ2n) is 7.62. The van der Waals surface area contributed by atoms with Crippen LogP contribution in [-0.4, -0.2) is 24.3 Å². The largest absolute Gasteiger partial charge is 0.485 e. The summed E-state index contributed by atoms with van der Waals surface area (Å²) in [5.41, 5.74) is 3.75. The van der Waals surface area contributed by atoms with Crippen LogP contribution in [0.5, 0.6) is 5.75 Å². The molecule has 0 radical (unpaired) electrons. The fourth-order valence-electron chi connectivity index (χ4n) is 3.20. The van der Waals surface area contributed by atoms with E-state index in [0.29, 0.717) is 33.3 Å². The zero-order valence-corrected chi connectivity index (χ0v) is 19.5. The Balaban J connectivity index is 1.46. The number of thioether (sulfide) groups is 1. The summed E-state index contributed by atoms with van der Waals surface area (Å²) in [5, 5.41) is 10.8. The Morgan fingerprint density at radius 2 is 2.03 bits per heavy atom. The average Bonchev–Trinajstić information content (AvgIpc) is 3.27. The van der Waals surface area contributed by atoms with E-state index in [9.17, 15) is 4.79 Å². The molecule has 0 aliphatic carbocycles. The number of hydrogen-bond donors (Lipinski definition) is 1. The quantitative estimate of drug-likeness (QED) is 0.334. The lowest BCUT2D eigenvalue weighted by atomic mass is 10.0. The van der Waals surface area contributed by atoms with E-state index in [1.54, 1.807) is 10.5 Å². The number of aryl methyl sites for hydroxylation is 2. The van der Waals surface area contributed by atoms with Gasteiger partial charge in [-0.05, 0) is 37.0 Å². The molecule has 4 aromatic rings. The van der Waals surface area contributed by atoms with Crippen LogP contribution in [0.1, 0.15) is 48.1 Å². The molecule has 0 spiro atoms. The van der Waals surface area contributed by atoms with Crippen LogP contribution in [0.4, 0.5) is 0 Å². The van der Waals surface area contributed by atoms with Crippen molar-refractivity contribution in [1.82, 2.24) is 24.3 Å². The van der Waals surface area contributed by atoms with Gasteiger partial charge >= 0.3 is 0 Å². The summed E-state index contributed by atoms with van der Waals surface area (Å²) >= 11 is 2.83. The Morgan fingerprint density at radius 3 is 2.81 bits per heavy atom. The number of rotatable bonds is 7. The van der Waals surface area contributed by atoms with Crippen LogP contribution >= 0.6 is 23.1 Å². The molecule has 0 aliphatic heterocycles. The third-order valence-corrected chi connectivity index (χ3v) is 6.78. The fraction of sp³-hybridized carbons (Fsp3) is 0.333. The van der Waals surface area contributed by atoms with Gasteiger partial charge in [0.25, 0.3) is 5.56 Å². The number of nitrogen functional groups attached to an aromatic ring is 1. The van der Waals surface area contributed by atoms with Crippen LogP contribution < -0.4 is 16.1 Å². The van der Waals surface area contributed by atoms with Gasteiger partial charge in [-0.25, -0.2) is 9.66 Å². The molecule has 162 valence electrons. The maximum Gasteiger partial charge on any atom is 0.258 e. The predicted molar refractivity (Wildman–Crippen MR) is 123 cm³/mol. The van der Waals surface area contributed by atoms with Crippen molar-refractivity contribution in [3.05, 3.63) is 68.3 Å². The molecule has 0 saturated heterocycles. The highest BCUT2D eigenvalue weighted by Crippen LogP contribution is 2.28. The highest BCUT2D eigenvalue weighted by Gasteiger charge is 2.14. The van der Waals surface area contributed by atoms with Crippen molar-refractivity contribution in [1.29, 1.82) is 0 Å². The van der Waals surface area contributed by atoms with Crippen LogP contribution in [0, 0.1) is 13.8 Å². The first-order valence-corrected chi connectivity index (χ1v) is 11.7. The third-order valence-electron chi connectivity index (χ3n) is 4.86. The number of aromatic nitrogens is 5. The molecule has 0 aliphatic rings. The van der Waals surface area contributed by atoms with Crippen molar-refractivity contribution in [2.24, 2.45) is 0 Å². The Hall–Kier alpha value is -2.85. The van der Waals surface area contributed by atoms with E-state index < -0.39 is 0 Å². The molecule has 0 fully saturated rings. The number of thiazole rings is 1. The molecule has 8 nitrogen and oxygen atoms in total. The molecule has 2 N–H and O–H groups in total. The molecule has 4 rings (SSSR count). The lowest BCUT2D eigenvalue weighted by molar-refractivity contribution is 0.287. The van der Waals surface area contributed by atoms with Gasteiger partial charge in [0.15, 0.2) is 10.8 Å². The van der Waals surface area contributed by atoms with Gasteiger partial charge in [0.1, 0.15) is 12.4 Å². The van der Waals surface area contributed by atoms with Crippen molar-refractivity contribution in [3.63, 3.8) is 0 Å². The molecular formula is C21H24N6O2S2. The summed E-state index contributed by atoms with van der Waals surface area (Å²) in [6.45, 7) is 8.40. The smallest absolute Gasteiger partial charge is 0.258 e. The van der Waals surface area contributed by atoms with Crippen molar-refractivity contribution in [3.8, 4) is 5.75 Å². The Kier molecular flexibility index (Phi) is 6.01. The van der Waals surface area contributed by atoms with E-state index in [2.05, 4.69) is 41.2 Å². The van der Waals surface area contributed by atoms with Gasteiger partial charge in [-0.3, -0.25) is 9.20 Å². The molecule has 3 heterocycles. The molecule has 0 amide bonds. The van der Waals surface area contributed by atoms with Gasteiger partial charge in [0, 0.05) is 22.9 Å². The highest BCUT2D eigenvalue weighted by molar-refractivity contribution is 7.98. The summed E-state index contributed by atoms with van der Waals surface area (Å²) in [6.07, 6.45) is 0. The van der Waals surface area contributed by atoms with Crippen LogP contribution in [0.15, 0.2) is 39.6 Å². The first kappa shape index (κ1) is 21.4. The lowest BCUT2D eigenvalue weighted by Gasteiger charge is -2.14. The predicted octanol–water partition coefficient (Wildman–Crippen LogP) is 3.67. The number of nitrogens with zero attached hydrogens (tertiary/aromatic N) is 5. The maximum atomic E-state index is 12.3. The molecule has 3 aromatic heterocycles. The standard InChI is InChI=1S/C21H24N6O2S2/c1-12(2)16-6-5-13(3)7-17(16)29-9-18-24-25-21(27(18)22)31-11-15-8-19(28)26-14(4)10-30-20(26)23-15/h5-8,10,12H,9,11,22H2,1-4H3. The van der Waals surface area contributed by atoms with Gasteiger partial charge in [-0.15, -0.1) is 21.5 Å². The van der Waals surface area contributed by atoms with Gasteiger partial charge < -0.3 is 10.6 Å². The number of benzene rings is 1. The minimum Gasteiger partial charge on any atom is -0.485 e. The van der Waals surface area contributed by atoms with E-state index >= 15 is 0 Å². The summed E-state index contributed by atoms with van der Waals surface area (Å²) in [4.78, 5) is 17.6. The van der Waals surface area contributed by atoms with Crippen LogP contribution in [0.25, 0.3) is 4.96 Å². The van der Waals surface area contributed by atoms with E-state index in [1.807, 2.05) is 25.3 Å². The van der Waals surface area contributed by atoms with E-state index in [-0.39, 0.29) is 12.2 Å². The minimum absolute atomic E-state index is 0.0817. The van der Waals surface area contributed by atoms with Gasteiger partial charge in [-0.2, -0.15) is 0 Å². The second-order valence-corrected chi connectivity index (χ2v) is 9.40. The monoisotopic (exact) mass is 456 g/mol. The Labute approximate surface area is 188 Å². The fourth-order valence-corrected chi connectivity index (χ4v) is 4.86. The Morgan fingerprint density at radius 1 is 1.23 bits per heavy atom. The van der Waals surface area contributed by atoms with E-state index in [0.717, 1.165) is 22.6 Å². The molecule has 0 bridgehead atoms. The summed E-state index contributed by atoms with van der Waals surface area (Å²) < 4.78 is 9.06. The van der Waals surface area contributed by atoms with Gasteiger partial charge in [0.05, 0.1) is 5.69 Å². The first-order chi connectivity index (χ1) is 14.8. The minimum atomic E-state index is -0.0817. The van der Waals surface area contributed by atoms with E-state index in [1.165, 1.54) is 27.8 Å². The van der Waals surface area contributed by atoms with Crippen molar-refractivity contribution >= 4 is 28.1 Å². The highest BCUT2D eigenvalue weighted by atomic mass is 32.2. The topological polar surface area (TPSA) is 100 Å². The molecule has 1 aromatic carbocycles. The number of nitrogens with two attached hydrogens (primary N) is 1. The van der Waals surface area contributed by atoms with Gasteiger partial charge in [-0.1, -0.05) is 37.7 Å².